The summed E-state index contributed by atoms with van der Waals surface area (Å²) in [5.41, 5.74) is 2.82. The van der Waals surface area contributed by atoms with Gasteiger partial charge in [0.1, 0.15) is 5.82 Å². The van der Waals surface area contributed by atoms with Crippen LogP contribution in [-0.2, 0) is 9.59 Å². The first kappa shape index (κ1) is 20.6. The van der Waals surface area contributed by atoms with E-state index in [0.717, 1.165) is 16.3 Å². The van der Waals surface area contributed by atoms with Crippen molar-refractivity contribution in [1.82, 2.24) is 4.98 Å². The minimum atomic E-state index is -0.397. The quantitative estimate of drug-likeness (QED) is 0.533. The van der Waals surface area contributed by atoms with Crippen LogP contribution in [0.1, 0.15) is 28.3 Å². The molecule has 3 aromatic rings. The van der Waals surface area contributed by atoms with Gasteiger partial charge in [-0.2, -0.15) is 0 Å². The zero-order valence-electron chi connectivity index (χ0n) is 18.2. The molecule has 0 spiro atoms. The predicted octanol–water partition coefficient (Wildman–Crippen LogP) is 4.56. The van der Waals surface area contributed by atoms with E-state index < -0.39 is 5.82 Å². The zero-order valence-corrected chi connectivity index (χ0v) is 19.9. The number of H-pyrrole nitrogens is 1. The lowest BCUT2D eigenvalue weighted by Crippen LogP contribution is -2.42. The first-order chi connectivity index (χ1) is 16.4. The number of aromatic nitrogens is 1. The van der Waals surface area contributed by atoms with E-state index in [-0.39, 0.29) is 57.4 Å². The molecule has 5 nitrogen and oxygen atoms in total. The second kappa shape index (κ2) is 7.15. The van der Waals surface area contributed by atoms with Gasteiger partial charge in [-0.1, -0.05) is 35.6 Å². The van der Waals surface area contributed by atoms with Gasteiger partial charge in [-0.25, -0.2) is 4.39 Å². The van der Waals surface area contributed by atoms with E-state index in [1.54, 1.807) is 11.8 Å². The summed E-state index contributed by atoms with van der Waals surface area (Å²) in [7, 11) is 0. The Morgan fingerprint density at radius 2 is 1.68 bits per heavy atom. The standard InChI is InChI=1S/C26H21FN2O3S2/c1-11-4-2-3-5-14(11)17-18-15-10-16(21(18)33-23-22(17)34-26(32)28-23)20-19(15)24(30)29(25(20)31)13-8-6-12(27)7-9-13/h2-9,15-21H,10H2,1H3,(H,28,32)/t15-,16+,17+,18-,19+,20+,21+/m0/s1. The molecule has 34 heavy (non-hydrogen) atoms. The fourth-order valence-corrected chi connectivity index (χ4v) is 10.0. The van der Waals surface area contributed by atoms with Crippen LogP contribution in [0.25, 0.3) is 0 Å². The molecule has 4 aliphatic rings. The molecule has 8 heteroatoms. The zero-order chi connectivity index (χ0) is 23.3. The highest BCUT2D eigenvalue weighted by atomic mass is 32.2. The monoisotopic (exact) mass is 492 g/mol. The summed E-state index contributed by atoms with van der Waals surface area (Å²) in [6, 6.07) is 13.9. The van der Waals surface area contributed by atoms with Crippen molar-refractivity contribution in [3.8, 4) is 0 Å². The van der Waals surface area contributed by atoms with E-state index in [9.17, 15) is 18.8 Å². The van der Waals surface area contributed by atoms with Crippen LogP contribution in [0.5, 0.6) is 0 Å². The van der Waals surface area contributed by atoms with Crippen LogP contribution in [0, 0.1) is 42.3 Å². The summed E-state index contributed by atoms with van der Waals surface area (Å²) in [6.07, 6.45) is 0.855. The summed E-state index contributed by atoms with van der Waals surface area (Å²) in [5, 5.41) is 1.08. The molecule has 2 bridgehead atoms. The van der Waals surface area contributed by atoms with Crippen LogP contribution < -0.4 is 9.77 Å². The van der Waals surface area contributed by atoms with E-state index in [4.69, 9.17) is 0 Å². The fraction of sp³-hybridized carbons (Fsp3) is 0.346. The molecule has 3 fully saturated rings. The summed E-state index contributed by atoms with van der Waals surface area (Å²) in [6.45, 7) is 2.09. The summed E-state index contributed by atoms with van der Waals surface area (Å²) >= 11 is 2.96. The number of anilines is 1. The predicted molar refractivity (Wildman–Crippen MR) is 129 cm³/mol. The number of hydrogen-bond acceptors (Lipinski definition) is 5. The van der Waals surface area contributed by atoms with Gasteiger partial charge in [-0.3, -0.25) is 19.3 Å². The number of imide groups is 1. The minimum absolute atomic E-state index is 0.0325. The molecule has 1 saturated heterocycles. The number of carbonyl (C=O) groups excluding carboxylic acids is 2. The van der Waals surface area contributed by atoms with Gasteiger partial charge in [-0.15, -0.1) is 11.8 Å². The molecule has 0 radical (unpaired) electrons. The molecule has 2 aliphatic carbocycles. The van der Waals surface area contributed by atoms with E-state index in [0.29, 0.717) is 5.69 Å². The van der Waals surface area contributed by atoms with Crippen molar-refractivity contribution >= 4 is 40.6 Å². The molecular weight excluding hydrogens is 471 g/mol. The number of rotatable bonds is 2. The second-order valence-electron chi connectivity index (χ2n) is 9.81. The van der Waals surface area contributed by atoms with Crippen LogP contribution >= 0.6 is 23.1 Å². The largest absolute Gasteiger partial charge is 0.307 e. The van der Waals surface area contributed by atoms with Gasteiger partial charge in [0.15, 0.2) is 0 Å². The highest BCUT2D eigenvalue weighted by Gasteiger charge is 2.69. The van der Waals surface area contributed by atoms with Crippen molar-refractivity contribution in [3.63, 3.8) is 0 Å². The number of nitrogens with zero attached hydrogens (tertiary/aromatic N) is 1. The molecule has 172 valence electrons. The number of benzene rings is 2. The maximum Gasteiger partial charge on any atom is 0.305 e. The lowest BCUT2D eigenvalue weighted by molar-refractivity contribution is -0.123. The third kappa shape index (κ3) is 2.64. The van der Waals surface area contributed by atoms with Crippen molar-refractivity contribution in [1.29, 1.82) is 0 Å². The van der Waals surface area contributed by atoms with E-state index >= 15 is 0 Å². The summed E-state index contributed by atoms with van der Waals surface area (Å²) < 4.78 is 13.5. The number of carbonyl (C=O) groups is 2. The molecular formula is C26H21FN2O3S2. The van der Waals surface area contributed by atoms with Gasteiger partial charge in [-0.05, 0) is 66.5 Å². The van der Waals surface area contributed by atoms with Crippen LogP contribution in [0.15, 0.2) is 58.4 Å². The Balaban J connectivity index is 1.34. The van der Waals surface area contributed by atoms with Crippen molar-refractivity contribution in [2.75, 3.05) is 4.90 Å². The maximum absolute atomic E-state index is 13.7. The average molecular weight is 493 g/mol. The molecule has 1 N–H and O–H groups in total. The summed E-state index contributed by atoms with van der Waals surface area (Å²) in [5.74, 6) is -1.05. The highest BCUT2D eigenvalue weighted by molar-refractivity contribution is 8.00. The normalized spacial score (nSPS) is 33.2. The number of aryl methyl sites for hydroxylation is 1. The van der Waals surface area contributed by atoms with Gasteiger partial charge in [0.05, 0.1) is 22.5 Å². The lowest BCUT2D eigenvalue weighted by atomic mass is 9.67. The van der Waals surface area contributed by atoms with Gasteiger partial charge in [0, 0.05) is 16.0 Å². The molecule has 7 atom stereocenters. The maximum atomic E-state index is 13.7. The molecule has 0 unspecified atom stereocenters. The number of thioether (sulfide) groups is 1. The Morgan fingerprint density at radius 3 is 2.41 bits per heavy atom. The number of thiazole rings is 1. The van der Waals surface area contributed by atoms with E-state index in [1.807, 2.05) is 12.1 Å². The van der Waals surface area contributed by atoms with Crippen molar-refractivity contribution < 1.29 is 14.0 Å². The average Bonchev–Trinajstić information content (AvgIpc) is 3.54. The number of nitrogens with one attached hydrogen (secondary N) is 1. The molecule has 2 aromatic carbocycles. The van der Waals surface area contributed by atoms with Gasteiger partial charge >= 0.3 is 4.87 Å². The Bertz CT molecular complexity index is 1410. The van der Waals surface area contributed by atoms with Gasteiger partial charge in [0.2, 0.25) is 11.8 Å². The molecule has 2 saturated carbocycles. The molecule has 2 amide bonds. The lowest BCUT2D eigenvalue weighted by Gasteiger charge is -2.43. The van der Waals surface area contributed by atoms with Crippen LogP contribution in [-0.4, -0.2) is 22.0 Å². The third-order valence-corrected chi connectivity index (χ3v) is 10.9. The minimum Gasteiger partial charge on any atom is -0.307 e. The third-order valence-electron chi connectivity index (χ3n) is 8.33. The van der Waals surface area contributed by atoms with E-state index in [2.05, 4.69) is 24.0 Å². The van der Waals surface area contributed by atoms with Gasteiger partial charge in [0.25, 0.3) is 0 Å². The van der Waals surface area contributed by atoms with Crippen molar-refractivity contribution in [3.05, 3.63) is 80.0 Å². The second-order valence-corrected chi connectivity index (χ2v) is 12.0. The smallest absolute Gasteiger partial charge is 0.305 e. The van der Waals surface area contributed by atoms with Crippen LogP contribution in [0.2, 0.25) is 0 Å². The number of amides is 2. The molecule has 1 aromatic heterocycles. The Hall–Kier alpha value is -2.71. The van der Waals surface area contributed by atoms with Crippen LogP contribution in [0.4, 0.5) is 10.1 Å². The number of aromatic amines is 1. The number of fused-ring (bicyclic) bond motifs is 9. The topological polar surface area (TPSA) is 70.2 Å². The van der Waals surface area contributed by atoms with E-state index in [1.165, 1.54) is 51.6 Å². The summed E-state index contributed by atoms with van der Waals surface area (Å²) in [4.78, 5) is 44.9. The Labute approximate surface area is 203 Å². The fourth-order valence-electron chi connectivity index (χ4n) is 7.15. The number of hydrogen-bond donors (Lipinski definition) is 1. The Morgan fingerprint density at radius 1 is 0.971 bits per heavy atom. The Kier molecular flexibility index (Phi) is 4.34. The van der Waals surface area contributed by atoms with Crippen molar-refractivity contribution in [2.45, 2.75) is 29.5 Å². The highest BCUT2D eigenvalue weighted by Crippen LogP contribution is 2.68. The first-order valence-electron chi connectivity index (χ1n) is 11.5. The first-order valence-corrected chi connectivity index (χ1v) is 13.2. The molecule has 7 rings (SSSR count). The number of halogens is 1. The van der Waals surface area contributed by atoms with Gasteiger partial charge < -0.3 is 4.98 Å². The molecule has 3 heterocycles. The molecule has 2 aliphatic heterocycles. The van der Waals surface area contributed by atoms with Crippen molar-refractivity contribution in [2.24, 2.45) is 29.6 Å². The SMILES string of the molecule is Cc1ccccc1[C@H]1c2sc(=O)[nH]c2S[C@@H]2[C@@H]3C[C@H]([C@H]4C(=O)N(c5ccc(F)cc5)C(=O)[C@H]34)[C@@H]12. The van der Waals surface area contributed by atoms with Crippen LogP contribution in [0.3, 0.4) is 0 Å².